The third kappa shape index (κ3) is 5.37. The highest BCUT2D eigenvalue weighted by Gasteiger charge is 2.23. The predicted octanol–water partition coefficient (Wildman–Crippen LogP) is 3.63. The molecule has 1 aliphatic heterocycles. The first kappa shape index (κ1) is 23.7. The zero-order valence-corrected chi connectivity index (χ0v) is 20.0. The summed E-state index contributed by atoms with van der Waals surface area (Å²) in [6, 6.07) is 19.3. The Hall–Kier alpha value is -3.43. The van der Waals surface area contributed by atoms with Crippen molar-refractivity contribution in [3.63, 3.8) is 0 Å². The number of anilines is 2. The maximum absolute atomic E-state index is 12.9. The van der Waals surface area contributed by atoms with E-state index in [1.54, 1.807) is 6.20 Å². The molecule has 1 amide bonds. The van der Waals surface area contributed by atoms with Gasteiger partial charge in [-0.05, 0) is 42.5 Å². The monoisotopic (exact) mass is 480 g/mol. The van der Waals surface area contributed by atoms with Gasteiger partial charge in [-0.15, -0.1) is 0 Å². The molecule has 1 N–H and O–H groups in total. The standard InChI is InChI=1S/C25H28N4O4S/c1-28(2)34(31,32)21-12-10-19(11-13-21)25(30)27-22-7-3-4-8-23(22)29-17-14-20(15-18-29)33-24-9-5-6-16-26-24/h3-13,16,20H,14-15,17-18H2,1-2H3,(H,27,30). The summed E-state index contributed by atoms with van der Waals surface area (Å²) in [6.07, 6.45) is 3.52. The van der Waals surface area contributed by atoms with Crippen LogP contribution in [0.5, 0.6) is 5.88 Å². The topological polar surface area (TPSA) is 91.8 Å². The van der Waals surface area contributed by atoms with Gasteiger partial charge in [0.05, 0.1) is 16.3 Å². The van der Waals surface area contributed by atoms with Crippen molar-refractivity contribution in [2.24, 2.45) is 0 Å². The fourth-order valence-corrected chi connectivity index (χ4v) is 4.74. The number of benzene rings is 2. The van der Waals surface area contributed by atoms with E-state index in [-0.39, 0.29) is 16.9 Å². The predicted molar refractivity (Wildman–Crippen MR) is 132 cm³/mol. The molecule has 0 bridgehead atoms. The van der Waals surface area contributed by atoms with Crippen LogP contribution in [-0.4, -0.2) is 56.9 Å². The van der Waals surface area contributed by atoms with Crippen molar-refractivity contribution < 1.29 is 17.9 Å². The number of hydrogen-bond donors (Lipinski definition) is 1. The average Bonchev–Trinajstić information content (AvgIpc) is 2.85. The van der Waals surface area contributed by atoms with E-state index in [1.807, 2.05) is 42.5 Å². The molecule has 0 unspecified atom stereocenters. The molecule has 0 saturated carbocycles. The second-order valence-electron chi connectivity index (χ2n) is 8.26. The molecule has 2 aromatic carbocycles. The van der Waals surface area contributed by atoms with Crippen molar-refractivity contribution in [3.05, 3.63) is 78.5 Å². The summed E-state index contributed by atoms with van der Waals surface area (Å²) in [7, 11) is -0.598. The van der Waals surface area contributed by atoms with Crippen LogP contribution in [0.25, 0.3) is 0 Å². The number of sulfonamides is 1. The normalized spacial score (nSPS) is 14.7. The number of hydrogen-bond acceptors (Lipinski definition) is 6. The number of amides is 1. The lowest BCUT2D eigenvalue weighted by Gasteiger charge is -2.34. The highest BCUT2D eigenvalue weighted by atomic mass is 32.2. The second kappa shape index (κ2) is 10.2. The fourth-order valence-electron chi connectivity index (χ4n) is 3.84. The third-order valence-corrected chi connectivity index (χ3v) is 7.58. The Labute approximate surface area is 200 Å². The van der Waals surface area contributed by atoms with Crippen LogP contribution in [0.15, 0.2) is 77.8 Å². The molecule has 0 aliphatic carbocycles. The molecule has 0 radical (unpaired) electrons. The molecule has 0 spiro atoms. The summed E-state index contributed by atoms with van der Waals surface area (Å²) in [5, 5.41) is 2.97. The number of nitrogens with zero attached hydrogens (tertiary/aromatic N) is 3. The van der Waals surface area contributed by atoms with Gasteiger partial charge in [0.25, 0.3) is 5.91 Å². The molecule has 1 fully saturated rings. The SMILES string of the molecule is CN(C)S(=O)(=O)c1ccc(C(=O)Nc2ccccc2N2CCC(Oc3ccccn3)CC2)cc1. The molecule has 0 atom stereocenters. The van der Waals surface area contributed by atoms with E-state index in [4.69, 9.17) is 4.74 Å². The fraction of sp³-hybridized carbons (Fsp3) is 0.280. The maximum Gasteiger partial charge on any atom is 0.255 e. The minimum Gasteiger partial charge on any atom is -0.474 e. The first-order chi connectivity index (χ1) is 16.3. The Kier molecular flexibility index (Phi) is 7.14. The number of ether oxygens (including phenoxy) is 1. The molecule has 178 valence electrons. The van der Waals surface area contributed by atoms with Gasteiger partial charge in [-0.25, -0.2) is 17.7 Å². The smallest absolute Gasteiger partial charge is 0.255 e. The highest BCUT2D eigenvalue weighted by Crippen LogP contribution is 2.29. The van der Waals surface area contributed by atoms with Crippen LogP contribution < -0.4 is 15.0 Å². The minimum atomic E-state index is -3.54. The number of nitrogens with one attached hydrogen (secondary N) is 1. The van der Waals surface area contributed by atoms with Crippen LogP contribution in [0.2, 0.25) is 0 Å². The van der Waals surface area contributed by atoms with Crippen molar-refractivity contribution in [2.45, 2.75) is 23.8 Å². The molecule has 1 aromatic heterocycles. The molecule has 34 heavy (non-hydrogen) atoms. The van der Waals surface area contributed by atoms with E-state index in [9.17, 15) is 13.2 Å². The van der Waals surface area contributed by atoms with E-state index in [0.29, 0.717) is 17.1 Å². The lowest BCUT2D eigenvalue weighted by atomic mass is 10.1. The summed E-state index contributed by atoms with van der Waals surface area (Å²) in [5.41, 5.74) is 2.04. The van der Waals surface area contributed by atoms with Gasteiger partial charge in [0, 0.05) is 57.9 Å². The van der Waals surface area contributed by atoms with Gasteiger partial charge in [0.1, 0.15) is 6.10 Å². The minimum absolute atomic E-state index is 0.102. The van der Waals surface area contributed by atoms with E-state index >= 15 is 0 Å². The van der Waals surface area contributed by atoms with Crippen molar-refractivity contribution in [1.82, 2.24) is 9.29 Å². The first-order valence-electron chi connectivity index (χ1n) is 11.1. The van der Waals surface area contributed by atoms with Crippen LogP contribution >= 0.6 is 0 Å². The van der Waals surface area contributed by atoms with E-state index in [2.05, 4.69) is 15.2 Å². The Balaban J connectivity index is 1.41. The number of piperidine rings is 1. The van der Waals surface area contributed by atoms with Crippen molar-refractivity contribution >= 4 is 27.3 Å². The number of rotatable bonds is 7. The Morgan fingerprint density at radius 2 is 1.68 bits per heavy atom. The largest absolute Gasteiger partial charge is 0.474 e. The third-order valence-electron chi connectivity index (χ3n) is 5.76. The van der Waals surface area contributed by atoms with Gasteiger partial charge in [0.2, 0.25) is 15.9 Å². The average molecular weight is 481 g/mol. The number of para-hydroxylation sites is 2. The molecule has 8 nitrogen and oxygen atoms in total. The van der Waals surface area contributed by atoms with Crippen molar-refractivity contribution in [3.8, 4) is 5.88 Å². The number of carbonyl (C=O) groups excluding carboxylic acids is 1. The molecule has 3 aromatic rings. The lowest BCUT2D eigenvalue weighted by molar-refractivity contribution is 0.102. The molecule has 1 saturated heterocycles. The summed E-state index contributed by atoms with van der Waals surface area (Å²) >= 11 is 0. The molecule has 9 heteroatoms. The zero-order valence-electron chi connectivity index (χ0n) is 19.2. The first-order valence-corrected chi connectivity index (χ1v) is 12.5. The highest BCUT2D eigenvalue weighted by molar-refractivity contribution is 7.89. The van der Waals surface area contributed by atoms with Gasteiger partial charge in [0.15, 0.2) is 0 Å². The zero-order chi connectivity index (χ0) is 24.1. The van der Waals surface area contributed by atoms with E-state index in [0.717, 1.165) is 35.9 Å². The quantitative estimate of drug-likeness (QED) is 0.555. The molecular formula is C25H28N4O4S. The summed E-state index contributed by atoms with van der Waals surface area (Å²) in [5.74, 6) is 0.340. The number of pyridine rings is 1. The second-order valence-corrected chi connectivity index (χ2v) is 10.4. The summed E-state index contributed by atoms with van der Waals surface area (Å²) in [6.45, 7) is 1.59. The van der Waals surface area contributed by atoms with Crippen LogP contribution in [-0.2, 0) is 10.0 Å². The van der Waals surface area contributed by atoms with Crippen LogP contribution in [0.1, 0.15) is 23.2 Å². The summed E-state index contributed by atoms with van der Waals surface area (Å²) in [4.78, 5) is 19.5. The van der Waals surface area contributed by atoms with Crippen molar-refractivity contribution in [2.75, 3.05) is 37.4 Å². The Morgan fingerprint density at radius 3 is 2.32 bits per heavy atom. The number of aromatic nitrogens is 1. The molecule has 4 rings (SSSR count). The molecule has 1 aliphatic rings. The van der Waals surface area contributed by atoms with Gasteiger partial charge in [-0.1, -0.05) is 18.2 Å². The van der Waals surface area contributed by atoms with Crippen LogP contribution in [0.4, 0.5) is 11.4 Å². The molecule has 2 heterocycles. The van der Waals surface area contributed by atoms with Gasteiger partial charge < -0.3 is 15.0 Å². The van der Waals surface area contributed by atoms with E-state index < -0.39 is 10.0 Å². The summed E-state index contributed by atoms with van der Waals surface area (Å²) < 4.78 is 31.6. The van der Waals surface area contributed by atoms with Crippen LogP contribution in [0, 0.1) is 0 Å². The Morgan fingerprint density at radius 1 is 1.00 bits per heavy atom. The van der Waals surface area contributed by atoms with Crippen LogP contribution in [0.3, 0.4) is 0 Å². The Bertz CT molecular complexity index is 1220. The van der Waals surface area contributed by atoms with Gasteiger partial charge in [-0.3, -0.25) is 4.79 Å². The molecular weight excluding hydrogens is 452 g/mol. The van der Waals surface area contributed by atoms with Crippen molar-refractivity contribution in [1.29, 1.82) is 0 Å². The van der Waals surface area contributed by atoms with Gasteiger partial charge in [-0.2, -0.15) is 0 Å². The van der Waals surface area contributed by atoms with Gasteiger partial charge >= 0.3 is 0 Å². The lowest BCUT2D eigenvalue weighted by Crippen LogP contribution is -2.38. The van der Waals surface area contributed by atoms with E-state index in [1.165, 1.54) is 38.4 Å². The number of carbonyl (C=O) groups is 1. The maximum atomic E-state index is 12.9.